The van der Waals surface area contributed by atoms with Crippen LogP contribution < -0.4 is 10.1 Å². The summed E-state index contributed by atoms with van der Waals surface area (Å²) in [6, 6.07) is 11.2. The van der Waals surface area contributed by atoms with E-state index in [4.69, 9.17) is 4.74 Å². The summed E-state index contributed by atoms with van der Waals surface area (Å²) < 4.78 is 31.6. The lowest BCUT2D eigenvalue weighted by Crippen LogP contribution is -2.11. The van der Waals surface area contributed by atoms with Crippen LogP contribution >= 0.6 is 11.3 Å². The first-order valence-electron chi connectivity index (χ1n) is 6.88. The van der Waals surface area contributed by atoms with Crippen molar-refractivity contribution >= 4 is 22.4 Å². The number of amides is 1. The number of ether oxygens (including phenoxy) is 1. The average molecular weight is 347 g/mol. The summed E-state index contributed by atoms with van der Waals surface area (Å²) in [7, 11) is 0. The fourth-order valence-corrected chi connectivity index (χ4v) is 2.48. The number of nitrogens with one attached hydrogen (secondary N) is 1. The second-order valence-corrected chi connectivity index (χ2v) is 5.74. The normalized spacial score (nSPS) is 10.4. The van der Waals surface area contributed by atoms with E-state index in [-0.39, 0.29) is 17.5 Å². The predicted molar refractivity (Wildman–Crippen MR) is 85.0 cm³/mol. The van der Waals surface area contributed by atoms with Crippen LogP contribution in [0.2, 0.25) is 0 Å². The molecule has 0 spiro atoms. The standard InChI is InChI=1S/C16H11F2N3O2S/c17-11-7-5-10(6-8-11)15(22)19-16-21-20-14(24-16)9-23-13-4-2-1-3-12(13)18/h1-8H,9H2,(H,19,21,22). The molecule has 0 aliphatic carbocycles. The van der Waals surface area contributed by atoms with Crippen molar-refractivity contribution in [2.45, 2.75) is 6.61 Å². The minimum atomic E-state index is -0.466. The molecule has 0 fully saturated rings. The molecule has 0 aliphatic rings. The smallest absolute Gasteiger partial charge is 0.257 e. The lowest BCUT2D eigenvalue weighted by molar-refractivity contribution is 0.102. The van der Waals surface area contributed by atoms with Gasteiger partial charge in [-0.15, -0.1) is 10.2 Å². The molecule has 24 heavy (non-hydrogen) atoms. The van der Waals surface area contributed by atoms with Gasteiger partial charge in [-0.25, -0.2) is 8.78 Å². The minimum Gasteiger partial charge on any atom is -0.483 e. The highest BCUT2D eigenvalue weighted by Crippen LogP contribution is 2.20. The number of rotatable bonds is 5. The van der Waals surface area contributed by atoms with Crippen LogP contribution in [-0.4, -0.2) is 16.1 Å². The number of halogens is 2. The van der Waals surface area contributed by atoms with Gasteiger partial charge in [0, 0.05) is 5.56 Å². The zero-order valence-electron chi connectivity index (χ0n) is 12.2. The van der Waals surface area contributed by atoms with Crippen LogP contribution in [0.5, 0.6) is 5.75 Å². The molecule has 122 valence electrons. The monoisotopic (exact) mass is 347 g/mol. The van der Waals surface area contributed by atoms with Crippen LogP contribution in [0, 0.1) is 11.6 Å². The Bertz CT molecular complexity index is 853. The molecule has 0 aliphatic heterocycles. The van der Waals surface area contributed by atoms with Crippen LogP contribution in [-0.2, 0) is 6.61 Å². The Kier molecular flexibility index (Phi) is 4.76. The third-order valence-corrected chi connectivity index (χ3v) is 3.79. The highest BCUT2D eigenvalue weighted by atomic mass is 32.1. The number of nitrogens with zero attached hydrogens (tertiary/aromatic N) is 2. The van der Waals surface area contributed by atoms with Crippen molar-refractivity contribution in [2.75, 3.05) is 5.32 Å². The van der Waals surface area contributed by atoms with Crippen molar-refractivity contribution in [2.24, 2.45) is 0 Å². The number of hydrogen-bond donors (Lipinski definition) is 1. The second-order valence-electron chi connectivity index (χ2n) is 4.68. The van der Waals surface area contributed by atoms with Gasteiger partial charge in [-0.1, -0.05) is 23.5 Å². The van der Waals surface area contributed by atoms with E-state index < -0.39 is 17.5 Å². The maximum Gasteiger partial charge on any atom is 0.257 e. The van der Waals surface area contributed by atoms with Crippen LogP contribution in [0.1, 0.15) is 15.4 Å². The van der Waals surface area contributed by atoms with Crippen molar-refractivity contribution in [1.29, 1.82) is 0 Å². The van der Waals surface area contributed by atoms with Crippen molar-refractivity contribution in [3.63, 3.8) is 0 Å². The van der Waals surface area contributed by atoms with Crippen LogP contribution in [0.3, 0.4) is 0 Å². The summed E-state index contributed by atoms with van der Waals surface area (Å²) in [6.45, 7) is 0.0328. The fraction of sp³-hybridized carbons (Fsp3) is 0.0625. The van der Waals surface area contributed by atoms with Crippen LogP contribution in [0.4, 0.5) is 13.9 Å². The van der Waals surface area contributed by atoms with E-state index in [1.54, 1.807) is 12.1 Å². The number of para-hydroxylation sites is 1. The third kappa shape index (κ3) is 3.90. The van der Waals surface area contributed by atoms with Crippen LogP contribution in [0.25, 0.3) is 0 Å². The molecule has 0 atom stereocenters. The Morgan fingerprint density at radius 2 is 1.83 bits per heavy atom. The van der Waals surface area contributed by atoms with Gasteiger partial charge in [-0.05, 0) is 36.4 Å². The summed E-state index contributed by atoms with van der Waals surface area (Å²) in [5, 5.41) is 11.0. The highest BCUT2D eigenvalue weighted by molar-refractivity contribution is 7.15. The molecule has 1 amide bonds. The Labute approximate surface area is 139 Å². The van der Waals surface area contributed by atoms with Crippen molar-refractivity contribution < 1.29 is 18.3 Å². The van der Waals surface area contributed by atoms with E-state index in [0.29, 0.717) is 10.6 Å². The van der Waals surface area contributed by atoms with Crippen LogP contribution in [0.15, 0.2) is 48.5 Å². The van der Waals surface area contributed by atoms with Gasteiger partial charge in [0.15, 0.2) is 16.6 Å². The first-order valence-corrected chi connectivity index (χ1v) is 7.70. The van der Waals surface area contributed by atoms with Gasteiger partial charge in [0.1, 0.15) is 12.4 Å². The summed E-state index contributed by atoms with van der Waals surface area (Å²) in [5.74, 6) is -1.20. The largest absolute Gasteiger partial charge is 0.483 e. The Hall–Kier alpha value is -2.87. The van der Waals surface area contributed by atoms with Gasteiger partial charge in [0.25, 0.3) is 5.91 Å². The lowest BCUT2D eigenvalue weighted by atomic mass is 10.2. The Morgan fingerprint density at radius 1 is 1.08 bits per heavy atom. The fourth-order valence-electron chi connectivity index (χ4n) is 1.83. The molecular weight excluding hydrogens is 336 g/mol. The average Bonchev–Trinajstić information content (AvgIpc) is 3.02. The quantitative estimate of drug-likeness (QED) is 0.765. The van der Waals surface area contributed by atoms with E-state index >= 15 is 0 Å². The van der Waals surface area contributed by atoms with E-state index in [0.717, 1.165) is 11.3 Å². The third-order valence-electron chi connectivity index (χ3n) is 2.98. The number of benzene rings is 2. The second kappa shape index (κ2) is 7.14. The maximum absolute atomic E-state index is 13.4. The molecule has 0 bridgehead atoms. The Morgan fingerprint density at radius 3 is 2.58 bits per heavy atom. The molecule has 8 heteroatoms. The topological polar surface area (TPSA) is 64.1 Å². The van der Waals surface area contributed by atoms with Gasteiger partial charge < -0.3 is 4.74 Å². The number of anilines is 1. The molecule has 0 saturated heterocycles. The molecular formula is C16H11F2N3O2S. The highest BCUT2D eigenvalue weighted by Gasteiger charge is 2.11. The van der Waals surface area contributed by atoms with Crippen molar-refractivity contribution in [3.05, 3.63) is 70.7 Å². The minimum absolute atomic E-state index is 0.0328. The molecule has 1 N–H and O–H groups in total. The number of carbonyl (C=O) groups is 1. The number of carbonyl (C=O) groups excluding carboxylic acids is 1. The van der Waals surface area contributed by atoms with E-state index in [2.05, 4.69) is 15.5 Å². The molecule has 1 heterocycles. The molecule has 5 nitrogen and oxygen atoms in total. The molecule has 2 aromatic carbocycles. The van der Waals surface area contributed by atoms with Crippen molar-refractivity contribution in [1.82, 2.24) is 10.2 Å². The van der Waals surface area contributed by atoms with E-state index in [1.165, 1.54) is 36.4 Å². The molecule has 0 saturated carbocycles. The zero-order valence-corrected chi connectivity index (χ0v) is 13.0. The molecule has 0 unspecified atom stereocenters. The lowest BCUT2D eigenvalue weighted by Gasteiger charge is -2.03. The van der Waals surface area contributed by atoms with Gasteiger partial charge in [0.05, 0.1) is 0 Å². The first-order chi connectivity index (χ1) is 11.6. The molecule has 3 aromatic rings. The summed E-state index contributed by atoms with van der Waals surface area (Å²) in [4.78, 5) is 12.0. The van der Waals surface area contributed by atoms with Gasteiger partial charge in [-0.2, -0.15) is 0 Å². The van der Waals surface area contributed by atoms with Crippen molar-refractivity contribution in [3.8, 4) is 5.75 Å². The SMILES string of the molecule is O=C(Nc1nnc(COc2ccccc2F)s1)c1ccc(F)cc1. The van der Waals surface area contributed by atoms with E-state index in [1.807, 2.05) is 0 Å². The number of aromatic nitrogens is 2. The van der Waals surface area contributed by atoms with Gasteiger partial charge in [0.2, 0.25) is 5.13 Å². The summed E-state index contributed by atoms with van der Waals surface area (Å²) in [5.41, 5.74) is 0.302. The first kappa shape index (κ1) is 16.0. The molecule has 3 rings (SSSR count). The molecule has 0 radical (unpaired) electrons. The maximum atomic E-state index is 13.4. The Balaban J connectivity index is 1.60. The predicted octanol–water partition coefficient (Wildman–Crippen LogP) is 3.65. The summed E-state index contributed by atoms with van der Waals surface area (Å²) >= 11 is 1.11. The summed E-state index contributed by atoms with van der Waals surface area (Å²) in [6.07, 6.45) is 0. The number of hydrogen-bond acceptors (Lipinski definition) is 5. The van der Waals surface area contributed by atoms with E-state index in [9.17, 15) is 13.6 Å². The van der Waals surface area contributed by atoms with Gasteiger partial charge in [-0.3, -0.25) is 10.1 Å². The van der Waals surface area contributed by atoms with Gasteiger partial charge >= 0.3 is 0 Å². The zero-order chi connectivity index (χ0) is 16.9. The molecule has 1 aromatic heterocycles.